The summed E-state index contributed by atoms with van der Waals surface area (Å²) < 4.78 is 6.96. The minimum Gasteiger partial charge on any atom is -0.465 e. The summed E-state index contributed by atoms with van der Waals surface area (Å²) in [4.78, 5) is 15.3. The lowest BCUT2D eigenvalue weighted by atomic mass is 9.64. The van der Waals surface area contributed by atoms with Crippen LogP contribution in [0.25, 0.3) is 10.9 Å². The van der Waals surface area contributed by atoms with Crippen molar-refractivity contribution in [3.05, 3.63) is 47.7 Å². The van der Waals surface area contributed by atoms with Crippen molar-refractivity contribution in [3.63, 3.8) is 0 Å². The molecule has 0 radical (unpaired) electrons. The Hall–Kier alpha value is -2.11. The molecule has 0 saturated carbocycles. The summed E-state index contributed by atoms with van der Waals surface area (Å²) in [5, 5.41) is 12.8. The van der Waals surface area contributed by atoms with E-state index < -0.39 is 11.7 Å². The molecule has 0 spiro atoms. The van der Waals surface area contributed by atoms with Gasteiger partial charge in [-0.25, -0.2) is 4.79 Å². The minimum absolute atomic E-state index is 0.193. The van der Waals surface area contributed by atoms with Gasteiger partial charge in [0.25, 0.3) is 0 Å². The van der Waals surface area contributed by atoms with E-state index in [4.69, 9.17) is 4.74 Å². The maximum atomic E-state index is 12.8. The predicted molar refractivity (Wildman–Crippen MR) is 98.6 cm³/mol. The molecule has 3 aliphatic heterocycles. The van der Waals surface area contributed by atoms with E-state index in [0.29, 0.717) is 6.42 Å². The highest BCUT2D eigenvalue weighted by Gasteiger charge is 2.59. The third kappa shape index (κ3) is 1.75. The summed E-state index contributed by atoms with van der Waals surface area (Å²) in [6.45, 7) is 4.08. The van der Waals surface area contributed by atoms with E-state index >= 15 is 0 Å². The topological polar surface area (TPSA) is 54.7 Å². The highest BCUT2D eigenvalue weighted by Crippen LogP contribution is 2.58. The lowest BCUT2D eigenvalue weighted by molar-refractivity contribution is -0.187. The smallest absolute Gasteiger partial charge is 0.359 e. The number of hydrogen-bond acceptors (Lipinski definition) is 4. The number of methoxy groups -OCH3 is 1. The molecular formula is C21H24N2O3. The van der Waals surface area contributed by atoms with Crippen molar-refractivity contribution in [2.24, 2.45) is 5.41 Å². The van der Waals surface area contributed by atoms with Crippen LogP contribution in [0.1, 0.15) is 37.1 Å². The van der Waals surface area contributed by atoms with Crippen molar-refractivity contribution < 1.29 is 14.6 Å². The Morgan fingerprint density at radius 1 is 1.38 bits per heavy atom. The van der Waals surface area contributed by atoms with E-state index in [-0.39, 0.29) is 11.5 Å². The first-order valence-electron chi connectivity index (χ1n) is 9.41. The van der Waals surface area contributed by atoms with Gasteiger partial charge >= 0.3 is 5.97 Å². The summed E-state index contributed by atoms with van der Waals surface area (Å²) in [6, 6.07) is 8.30. The molecule has 1 aromatic carbocycles. The zero-order valence-corrected chi connectivity index (χ0v) is 15.2. The number of aliphatic hydroxyl groups is 1. The van der Waals surface area contributed by atoms with Crippen LogP contribution in [0.4, 0.5) is 0 Å². The zero-order valence-electron chi connectivity index (χ0n) is 15.2. The van der Waals surface area contributed by atoms with E-state index in [1.807, 2.05) is 22.8 Å². The van der Waals surface area contributed by atoms with Crippen LogP contribution in [0, 0.1) is 5.41 Å². The molecule has 0 fully saturated rings. The second-order valence-corrected chi connectivity index (χ2v) is 7.84. The standard InChI is InChI=1S/C21H24N2O3/c1-3-20-10-6-11-22-12-9-15-14-7-4-5-8-16(14)23(17(15)18(20)22)21(25,13-20)19(24)26-2/h4-8,10,18,25H,3,9,11-13H2,1-2H3/t18-,20+,21+/m0/s1. The van der Waals surface area contributed by atoms with Gasteiger partial charge in [0.1, 0.15) is 0 Å². The van der Waals surface area contributed by atoms with Crippen molar-refractivity contribution >= 4 is 16.9 Å². The zero-order chi connectivity index (χ0) is 18.1. The molecule has 136 valence electrons. The normalized spacial score (nSPS) is 32.5. The van der Waals surface area contributed by atoms with Gasteiger partial charge in [-0.05, 0) is 24.5 Å². The molecule has 1 aromatic heterocycles. The molecule has 0 saturated heterocycles. The number of carbonyl (C=O) groups is 1. The molecule has 4 heterocycles. The molecule has 3 aliphatic rings. The molecule has 5 heteroatoms. The Labute approximate surface area is 152 Å². The van der Waals surface area contributed by atoms with Gasteiger partial charge in [0, 0.05) is 36.0 Å². The summed E-state index contributed by atoms with van der Waals surface area (Å²) in [7, 11) is 1.35. The highest BCUT2D eigenvalue weighted by molar-refractivity contribution is 5.90. The van der Waals surface area contributed by atoms with Crippen molar-refractivity contribution in [1.29, 1.82) is 0 Å². The summed E-state index contributed by atoms with van der Waals surface area (Å²) >= 11 is 0. The molecule has 0 aliphatic carbocycles. The Balaban J connectivity index is 1.92. The minimum atomic E-state index is -1.68. The quantitative estimate of drug-likeness (QED) is 0.667. The van der Waals surface area contributed by atoms with Crippen LogP contribution in [0.15, 0.2) is 36.4 Å². The monoisotopic (exact) mass is 352 g/mol. The number of esters is 1. The van der Waals surface area contributed by atoms with Crippen LogP contribution in [0.2, 0.25) is 0 Å². The molecular weight excluding hydrogens is 328 g/mol. The van der Waals surface area contributed by atoms with Gasteiger partial charge in [0.05, 0.1) is 18.7 Å². The van der Waals surface area contributed by atoms with Crippen LogP contribution in [-0.2, 0) is 21.7 Å². The summed E-state index contributed by atoms with van der Waals surface area (Å²) in [5.74, 6) is -0.580. The molecule has 1 N–H and O–H groups in total. The van der Waals surface area contributed by atoms with Crippen molar-refractivity contribution in [2.45, 2.75) is 38.0 Å². The first kappa shape index (κ1) is 16.1. The third-order valence-corrected chi connectivity index (χ3v) is 6.74. The molecule has 0 bridgehead atoms. The number of hydrogen-bond donors (Lipinski definition) is 1. The second-order valence-electron chi connectivity index (χ2n) is 7.84. The lowest BCUT2D eigenvalue weighted by Gasteiger charge is -2.55. The maximum absolute atomic E-state index is 12.8. The Kier molecular flexibility index (Phi) is 3.22. The maximum Gasteiger partial charge on any atom is 0.359 e. The van der Waals surface area contributed by atoms with E-state index in [2.05, 4.69) is 30.0 Å². The predicted octanol–water partition coefficient (Wildman–Crippen LogP) is 2.73. The fourth-order valence-corrected chi connectivity index (χ4v) is 5.64. The van der Waals surface area contributed by atoms with E-state index in [1.54, 1.807) is 0 Å². The Morgan fingerprint density at radius 3 is 2.96 bits per heavy atom. The summed E-state index contributed by atoms with van der Waals surface area (Å²) in [6.07, 6.45) is 6.57. The van der Waals surface area contributed by atoms with Gasteiger partial charge in [0.2, 0.25) is 5.72 Å². The molecule has 0 unspecified atom stereocenters. The van der Waals surface area contributed by atoms with Gasteiger partial charge in [-0.1, -0.05) is 37.3 Å². The van der Waals surface area contributed by atoms with Gasteiger partial charge in [0.15, 0.2) is 0 Å². The Morgan fingerprint density at radius 2 is 2.19 bits per heavy atom. The number of para-hydroxylation sites is 1. The number of ether oxygens (including phenoxy) is 1. The highest BCUT2D eigenvalue weighted by atomic mass is 16.5. The van der Waals surface area contributed by atoms with Gasteiger partial charge in [-0.2, -0.15) is 0 Å². The fourth-order valence-electron chi connectivity index (χ4n) is 5.64. The van der Waals surface area contributed by atoms with Crippen molar-refractivity contribution in [1.82, 2.24) is 9.47 Å². The number of rotatable bonds is 2. The summed E-state index contributed by atoms with van der Waals surface area (Å²) in [5.41, 5.74) is 1.35. The van der Waals surface area contributed by atoms with Crippen LogP contribution in [0.3, 0.4) is 0 Å². The fraction of sp³-hybridized carbons (Fsp3) is 0.476. The van der Waals surface area contributed by atoms with Crippen LogP contribution in [-0.4, -0.2) is 40.7 Å². The van der Waals surface area contributed by atoms with Crippen molar-refractivity contribution in [2.75, 3.05) is 20.2 Å². The van der Waals surface area contributed by atoms with E-state index in [1.165, 1.54) is 12.7 Å². The Bertz CT molecular complexity index is 946. The molecule has 26 heavy (non-hydrogen) atoms. The van der Waals surface area contributed by atoms with E-state index in [0.717, 1.165) is 42.5 Å². The number of carbonyl (C=O) groups excluding carboxylic acids is 1. The average molecular weight is 352 g/mol. The first-order chi connectivity index (χ1) is 12.6. The molecule has 5 rings (SSSR count). The lowest BCUT2D eigenvalue weighted by Crippen LogP contribution is -2.58. The van der Waals surface area contributed by atoms with Crippen LogP contribution < -0.4 is 0 Å². The SMILES string of the molecule is CC[C@@]12C=CCN3CCc4c(n(c5ccccc45)[C@](O)(C(=O)OC)C1)[C@H]32. The number of aromatic nitrogens is 1. The first-order valence-corrected chi connectivity index (χ1v) is 9.41. The van der Waals surface area contributed by atoms with Gasteiger partial charge < -0.3 is 14.4 Å². The molecule has 3 atom stereocenters. The van der Waals surface area contributed by atoms with Crippen LogP contribution in [0.5, 0.6) is 0 Å². The van der Waals surface area contributed by atoms with Gasteiger partial charge in [-0.3, -0.25) is 4.90 Å². The number of benzene rings is 1. The van der Waals surface area contributed by atoms with E-state index in [9.17, 15) is 9.90 Å². The molecule has 5 nitrogen and oxygen atoms in total. The number of fused-ring (bicyclic) bond motifs is 3. The average Bonchev–Trinajstić information content (AvgIpc) is 3.02. The van der Waals surface area contributed by atoms with Crippen molar-refractivity contribution in [3.8, 4) is 0 Å². The number of nitrogens with zero attached hydrogens (tertiary/aromatic N) is 2. The largest absolute Gasteiger partial charge is 0.465 e. The van der Waals surface area contributed by atoms with Gasteiger partial charge in [-0.15, -0.1) is 0 Å². The molecule has 2 aromatic rings. The van der Waals surface area contributed by atoms with Crippen LogP contribution >= 0.6 is 0 Å². The second kappa shape index (κ2) is 5.21. The molecule has 0 amide bonds. The third-order valence-electron chi connectivity index (χ3n) is 6.74.